The van der Waals surface area contributed by atoms with Crippen LogP contribution in [0, 0.1) is 12.7 Å². The molecule has 102 valence electrons. The molecule has 4 heteroatoms. The first-order chi connectivity index (χ1) is 8.52. The molecule has 18 heavy (non-hydrogen) atoms. The first-order valence-corrected chi connectivity index (χ1v) is 6.18. The molecule has 0 radical (unpaired) electrons. The lowest BCUT2D eigenvalue weighted by Crippen LogP contribution is -2.38. The van der Waals surface area contributed by atoms with Crippen LogP contribution in [-0.4, -0.2) is 32.4 Å². The summed E-state index contributed by atoms with van der Waals surface area (Å²) in [6, 6.07) is 4.92. The second kappa shape index (κ2) is 7.34. The van der Waals surface area contributed by atoms with Crippen molar-refractivity contribution < 1.29 is 13.9 Å². The van der Waals surface area contributed by atoms with Gasteiger partial charge in [-0.1, -0.05) is 13.8 Å². The van der Waals surface area contributed by atoms with E-state index in [1.807, 2.05) is 6.92 Å². The molecule has 0 heterocycles. The van der Waals surface area contributed by atoms with Gasteiger partial charge in [-0.25, -0.2) is 4.39 Å². The summed E-state index contributed by atoms with van der Waals surface area (Å²) in [6.07, 6.45) is -0.0819. The van der Waals surface area contributed by atoms with E-state index >= 15 is 0 Å². The van der Waals surface area contributed by atoms with E-state index in [2.05, 4.69) is 19.2 Å². The summed E-state index contributed by atoms with van der Waals surface area (Å²) in [5.41, 5.74) is 0.792. The maximum absolute atomic E-state index is 13.0. The van der Waals surface area contributed by atoms with Gasteiger partial charge in [0.1, 0.15) is 17.7 Å². The number of aryl methyl sites for hydroxylation is 1. The third-order valence-corrected chi connectivity index (χ3v) is 2.54. The minimum Gasteiger partial charge on any atom is -0.486 e. The topological polar surface area (TPSA) is 30.5 Å². The molecule has 1 unspecified atom stereocenters. The van der Waals surface area contributed by atoms with E-state index in [0.29, 0.717) is 24.9 Å². The van der Waals surface area contributed by atoms with Crippen molar-refractivity contribution in [2.24, 2.45) is 0 Å². The molecule has 1 atom stereocenters. The number of nitrogens with one attached hydrogen (secondary N) is 1. The van der Waals surface area contributed by atoms with E-state index in [1.54, 1.807) is 13.2 Å². The number of benzene rings is 1. The van der Waals surface area contributed by atoms with Crippen molar-refractivity contribution in [2.45, 2.75) is 32.9 Å². The van der Waals surface area contributed by atoms with Crippen LogP contribution in [0.15, 0.2) is 18.2 Å². The lowest BCUT2D eigenvalue weighted by Gasteiger charge is -2.21. The van der Waals surface area contributed by atoms with Crippen LogP contribution in [0.2, 0.25) is 0 Å². The maximum atomic E-state index is 13.0. The number of hydrogen-bond acceptors (Lipinski definition) is 3. The molecular formula is C14H22FNO2. The van der Waals surface area contributed by atoms with Crippen LogP contribution >= 0.6 is 0 Å². The normalized spacial score (nSPS) is 12.8. The van der Waals surface area contributed by atoms with Gasteiger partial charge in [0.25, 0.3) is 0 Å². The third kappa shape index (κ3) is 5.02. The molecule has 0 aliphatic heterocycles. The molecule has 0 bridgehead atoms. The Bertz CT molecular complexity index is 369. The van der Waals surface area contributed by atoms with Crippen molar-refractivity contribution in [3.05, 3.63) is 29.6 Å². The fourth-order valence-corrected chi connectivity index (χ4v) is 1.61. The van der Waals surface area contributed by atoms with Crippen LogP contribution in [0.4, 0.5) is 4.39 Å². The number of hydrogen-bond donors (Lipinski definition) is 1. The van der Waals surface area contributed by atoms with Crippen molar-refractivity contribution in [2.75, 3.05) is 20.3 Å². The lowest BCUT2D eigenvalue weighted by atomic mass is 10.2. The zero-order chi connectivity index (χ0) is 13.5. The molecule has 0 saturated heterocycles. The molecular weight excluding hydrogens is 233 g/mol. The number of ether oxygens (including phenoxy) is 2. The smallest absolute Gasteiger partial charge is 0.134 e. The van der Waals surface area contributed by atoms with E-state index in [1.165, 1.54) is 12.1 Å². The number of halogens is 1. The van der Waals surface area contributed by atoms with Crippen LogP contribution in [-0.2, 0) is 4.74 Å². The predicted molar refractivity (Wildman–Crippen MR) is 70.6 cm³/mol. The highest BCUT2D eigenvalue weighted by Crippen LogP contribution is 2.19. The van der Waals surface area contributed by atoms with Gasteiger partial charge in [0.05, 0.1) is 6.61 Å². The first kappa shape index (κ1) is 14.9. The molecule has 0 saturated carbocycles. The Morgan fingerprint density at radius 2 is 2.06 bits per heavy atom. The van der Waals surface area contributed by atoms with E-state index in [4.69, 9.17) is 9.47 Å². The Hall–Kier alpha value is -1.13. The van der Waals surface area contributed by atoms with Crippen LogP contribution in [0.3, 0.4) is 0 Å². The monoisotopic (exact) mass is 255 g/mol. The Morgan fingerprint density at radius 1 is 1.33 bits per heavy atom. The molecule has 0 fully saturated rings. The molecule has 1 N–H and O–H groups in total. The van der Waals surface area contributed by atoms with Crippen LogP contribution in [0.1, 0.15) is 19.4 Å². The zero-order valence-electron chi connectivity index (χ0n) is 11.5. The predicted octanol–water partition coefficient (Wildman–Crippen LogP) is 2.53. The quantitative estimate of drug-likeness (QED) is 0.812. The van der Waals surface area contributed by atoms with Crippen molar-refractivity contribution in [1.82, 2.24) is 5.32 Å². The summed E-state index contributed by atoms with van der Waals surface area (Å²) in [6.45, 7) is 7.18. The third-order valence-electron chi connectivity index (χ3n) is 2.54. The standard InChI is InChI=1S/C14H22FNO2/c1-10(2)16-8-13(9-17-4)18-14-6-5-12(15)7-11(14)3/h5-7,10,13,16H,8-9H2,1-4H3. The highest BCUT2D eigenvalue weighted by atomic mass is 19.1. The molecule has 1 rings (SSSR count). The molecule has 0 aliphatic rings. The Balaban J connectivity index is 2.64. The van der Waals surface area contributed by atoms with Gasteiger partial charge in [-0.15, -0.1) is 0 Å². The van der Waals surface area contributed by atoms with Gasteiger partial charge in [-0.05, 0) is 30.7 Å². The molecule has 1 aromatic carbocycles. The van der Waals surface area contributed by atoms with Gasteiger partial charge in [0, 0.05) is 19.7 Å². The fourth-order valence-electron chi connectivity index (χ4n) is 1.61. The molecule has 3 nitrogen and oxygen atoms in total. The van der Waals surface area contributed by atoms with E-state index in [9.17, 15) is 4.39 Å². The summed E-state index contributed by atoms with van der Waals surface area (Å²) in [5, 5.41) is 3.30. The molecule has 0 spiro atoms. The van der Waals surface area contributed by atoms with Crippen LogP contribution < -0.4 is 10.1 Å². The van der Waals surface area contributed by atoms with E-state index < -0.39 is 0 Å². The van der Waals surface area contributed by atoms with Gasteiger partial charge in [0.2, 0.25) is 0 Å². The van der Waals surface area contributed by atoms with Gasteiger partial charge >= 0.3 is 0 Å². The number of methoxy groups -OCH3 is 1. The second-order valence-electron chi connectivity index (χ2n) is 4.67. The van der Waals surface area contributed by atoms with E-state index in [0.717, 1.165) is 5.56 Å². The van der Waals surface area contributed by atoms with Gasteiger partial charge < -0.3 is 14.8 Å². The molecule has 0 aromatic heterocycles. The van der Waals surface area contributed by atoms with Crippen molar-refractivity contribution >= 4 is 0 Å². The average Bonchev–Trinajstić information content (AvgIpc) is 2.29. The summed E-state index contributed by atoms with van der Waals surface area (Å²) >= 11 is 0. The van der Waals surface area contributed by atoms with Crippen molar-refractivity contribution in [3.63, 3.8) is 0 Å². The molecule has 0 aliphatic carbocycles. The first-order valence-electron chi connectivity index (χ1n) is 6.18. The Morgan fingerprint density at radius 3 is 2.61 bits per heavy atom. The van der Waals surface area contributed by atoms with E-state index in [-0.39, 0.29) is 11.9 Å². The van der Waals surface area contributed by atoms with Crippen LogP contribution in [0.5, 0.6) is 5.75 Å². The fraction of sp³-hybridized carbons (Fsp3) is 0.571. The summed E-state index contributed by atoms with van der Waals surface area (Å²) < 4.78 is 24.0. The lowest BCUT2D eigenvalue weighted by molar-refractivity contribution is 0.0789. The average molecular weight is 255 g/mol. The van der Waals surface area contributed by atoms with Gasteiger partial charge in [-0.3, -0.25) is 0 Å². The SMILES string of the molecule is COCC(CNC(C)C)Oc1ccc(F)cc1C. The van der Waals surface area contributed by atoms with Gasteiger partial charge in [0.15, 0.2) is 0 Å². The summed E-state index contributed by atoms with van der Waals surface area (Å²) in [5.74, 6) is 0.451. The zero-order valence-corrected chi connectivity index (χ0v) is 11.5. The minimum absolute atomic E-state index is 0.0819. The number of rotatable bonds is 7. The summed E-state index contributed by atoms with van der Waals surface area (Å²) in [4.78, 5) is 0. The maximum Gasteiger partial charge on any atom is 0.134 e. The summed E-state index contributed by atoms with van der Waals surface area (Å²) in [7, 11) is 1.64. The Kier molecular flexibility index (Phi) is 6.09. The molecule has 1 aromatic rings. The highest BCUT2D eigenvalue weighted by Gasteiger charge is 2.12. The minimum atomic E-state index is -0.247. The van der Waals surface area contributed by atoms with Gasteiger partial charge in [-0.2, -0.15) is 0 Å². The van der Waals surface area contributed by atoms with Crippen molar-refractivity contribution in [3.8, 4) is 5.75 Å². The second-order valence-corrected chi connectivity index (χ2v) is 4.67. The van der Waals surface area contributed by atoms with Crippen LogP contribution in [0.25, 0.3) is 0 Å². The highest BCUT2D eigenvalue weighted by molar-refractivity contribution is 5.32. The van der Waals surface area contributed by atoms with Crippen molar-refractivity contribution in [1.29, 1.82) is 0 Å². The largest absolute Gasteiger partial charge is 0.486 e. The Labute approximate surface area is 108 Å². The molecule has 0 amide bonds.